The number of nitrogens with one attached hydrogen (secondary N) is 1. The van der Waals surface area contributed by atoms with Crippen LogP contribution in [0.2, 0.25) is 0 Å². The molecule has 3 atom stereocenters. The van der Waals surface area contributed by atoms with Crippen LogP contribution in [0.3, 0.4) is 0 Å². The summed E-state index contributed by atoms with van der Waals surface area (Å²) in [5.74, 6) is 0.395. The van der Waals surface area contributed by atoms with Gasteiger partial charge in [0.1, 0.15) is 0 Å². The van der Waals surface area contributed by atoms with Crippen LogP contribution in [-0.4, -0.2) is 56.7 Å². The highest BCUT2D eigenvalue weighted by Crippen LogP contribution is 2.34. The molecule has 2 saturated heterocycles. The Hall–Kier alpha value is -1.44. The van der Waals surface area contributed by atoms with Crippen molar-refractivity contribution >= 4 is 15.9 Å². The van der Waals surface area contributed by atoms with Crippen molar-refractivity contribution in [2.24, 2.45) is 11.8 Å². The second-order valence-electron chi connectivity index (χ2n) is 6.50. The minimum atomic E-state index is -3.18. The van der Waals surface area contributed by atoms with E-state index in [1.165, 1.54) is 0 Å². The highest BCUT2D eigenvalue weighted by atomic mass is 32.2. The highest BCUT2D eigenvalue weighted by molar-refractivity contribution is 7.89. The Kier molecular flexibility index (Phi) is 5.22. The highest BCUT2D eigenvalue weighted by Gasteiger charge is 2.46. The molecule has 6 nitrogen and oxygen atoms in total. The smallest absolute Gasteiger partial charge is 0.251 e. The zero-order chi connectivity index (χ0) is 17.2. The van der Waals surface area contributed by atoms with Crippen LogP contribution in [0.25, 0.3) is 0 Å². The number of carbonyl (C=O) groups excluding carboxylic acids is 1. The zero-order valence-electron chi connectivity index (χ0n) is 13.8. The topological polar surface area (TPSA) is 75.7 Å². The number of rotatable bonds is 6. The molecule has 132 valence electrons. The number of nitrogens with zero attached hydrogens (tertiary/aromatic N) is 1. The van der Waals surface area contributed by atoms with Crippen molar-refractivity contribution in [3.8, 4) is 0 Å². The van der Waals surface area contributed by atoms with Gasteiger partial charge in [0, 0.05) is 37.0 Å². The number of hydrogen-bond donors (Lipinski definition) is 1. The molecule has 0 saturated carbocycles. The second kappa shape index (κ2) is 7.21. The molecule has 0 spiro atoms. The Morgan fingerprint density at radius 3 is 2.75 bits per heavy atom. The summed E-state index contributed by atoms with van der Waals surface area (Å²) in [5.41, 5.74) is 0.631. The van der Waals surface area contributed by atoms with Gasteiger partial charge < -0.3 is 10.1 Å². The number of sulfonamides is 1. The summed E-state index contributed by atoms with van der Waals surface area (Å²) in [4.78, 5) is 12.1. The van der Waals surface area contributed by atoms with E-state index in [-0.39, 0.29) is 29.6 Å². The average molecular weight is 352 g/mol. The van der Waals surface area contributed by atoms with Crippen molar-refractivity contribution in [2.45, 2.75) is 19.4 Å². The molecule has 1 aromatic carbocycles. The maximum Gasteiger partial charge on any atom is 0.251 e. The minimum Gasteiger partial charge on any atom is -0.376 e. The molecule has 0 radical (unpaired) electrons. The van der Waals surface area contributed by atoms with E-state index in [1.54, 1.807) is 16.4 Å². The van der Waals surface area contributed by atoms with Crippen molar-refractivity contribution in [3.63, 3.8) is 0 Å². The lowest BCUT2D eigenvalue weighted by atomic mass is 9.93. The number of benzene rings is 1. The summed E-state index contributed by atoms with van der Waals surface area (Å²) in [6.07, 6.45) is 0.571. The standard InChI is InChI=1S/C17H24N2O4S/c1-2-8-24(21,22)19-10-15-14(12-23-16(15)11-19)9-18-17(20)13-6-4-3-5-7-13/h3-7,14-16H,2,8-12H2,1H3,(H,18,20)/t14-,15+,16+/m0/s1. The van der Waals surface area contributed by atoms with E-state index >= 15 is 0 Å². The quantitative estimate of drug-likeness (QED) is 0.832. The summed E-state index contributed by atoms with van der Waals surface area (Å²) < 4.78 is 31.8. The van der Waals surface area contributed by atoms with Gasteiger partial charge in [-0.3, -0.25) is 4.79 Å². The normalized spacial score (nSPS) is 27.1. The van der Waals surface area contributed by atoms with E-state index in [9.17, 15) is 13.2 Å². The SMILES string of the molecule is CCCS(=O)(=O)N1C[C@@H]2[C@@H](CNC(=O)c3ccccc3)CO[C@@H]2C1. The molecule has 0 aromatic heterocycles. The Morgan fingerprint density at radius 1 is 1.29 bits per heavy atom. The Bertz CT molecular complexity index is 677. The number of carbonyl (C=O) groups is 1. The molecule has 7 heteroatoms. The Balaban J connectivity index is 1.56. The molecule has 2 heterocycles. The summed E-state index contributed by atoms with van der Waals surface area (Å²) >= 11 is 0. The number of amides is 1. The number of ether oxygens (including phenoxy) is 1. The first-order chi connectivity index (χ1) is 11.5. The first-order valence-corrected chi connectivity index (χ1v) is 10.0. The van der Waals surface area contributed by atoms with Crippen molar-refractivity contribution in [1.82, 2.24) is 9.62 Å². The monoisotopic (exact) mass is 352 g/mol. The van der Waals surface area contributed by atoms with Crippen LogP contribution < -0.4 is 5.32 Å². The van der Waals surface area contributed by atoms with E-state index in [4.69, 9.17) is 4.74 Å². The van der Waals surface area contributed by atoms with Crippen LogP contribution in [0.1, 0.15) is 23.7 Å². The van der Waals surface area contributed by atoms with E-state index in [0.29, 0.717) is 38.2 Å². The molecule has 0 bridgehead atoms. The van der Waals surface area contributed by atoms with Crippen molar-refractivity contribution < 1.29 is 17.9 Å². The molecule has 0 unspecified atom stereocenters. The predicted octanol–water partition coefficient (Wildman–Crippen LogP) is 1.10. The van der Waals surface area contributed by atoms with Gasteiger partial charge in [-0.25, -0.2) is 8.42 Å². The average Bonchev–Trinajstić information content (AvgIpc) is 3.15. The van der Waals surface area contributed by atoms with Crippen LogP contribution in [0.4, 0.5) is 0 Å². The van der Waals surface area contributed by atoms with Crippen molar-refractivity contribution in [2.75, 3.05) is 32.0 Å². The van der Waals surface area contributed by atoms with Gasteiger partial charge in [-0.1, -0.05) is 25.1 Å². The molecule has 3 rings (SSSR count). The molecule has 24 heavy (non-hydrogen) atoms. The molecule has 2 fully saturated rings. The molecule has 1 aromatic rings. The van der Waals surface area contributed by atoms with Gasteiger partial charge in [0.15, 0.2) is 0 Å². The fourth-order valence-corrected chi connectivity index (χ4v) is 5.05. The lowest BCUT2D eigenvalue weighted by Gasteiger charge is -2.19. The van der Waals surface area contributed by atoms with E-state index in [0.717, 1.165) is 0 Å². The van der Waals surface area contributed by atoms with E-state index < -0.39 is 10.0 Å². The summed E-state index contributed by atoms with van der Waals surface area (Å²) in [6.45, 7) is 3.89. The van der Waals surface area contributed by atoms with Gasteiger partial charge in [0.05, 0.1) is 18.5 Å². The molecule has 1 amide bonds. The third-order valence-corrected chi connectivity index (χ3v) is 6.83. The first kappa shape index (κ1) is 17.4. The summed E-state index contributed by atoms with van der Waals surface area (Å²) in [5, 5.41) is 2.95. The van der Waals surface area contributed by atoms with Crippen LogP contribution >= 0.6 is 0 Å². The molecular weight excluding hydrogens is 328 g/mol. The largest absolute Gasteiger partial charge is 0.376 e. The number of fused-ring (bicyclic) bond motifs is 1. The Morgan fingerprint density at radius 2 is 2.04 bits per heavy atom. The maximum atomic E-state index is 12.2. The fourth-order valence-electron chi connectivity index (χ4n) is 3.50. The van der Waals surface area contributed by atoms with Crippen LogP contribution in [0.15, 0.2) is 30.3 Å². The van der Waals surface area contributed by atoms with Crippen molar-refractivity contribution in [3.05, 3.63) is 35.9 Å². The van der Waals surface area contributed by atoms with Crippen LogP contribution in [0, 0.1) is 11.8 Å². The lowest BCUT2D eigenvalue weighted by Crippen LogP contribution is -2.36. The lowest BCUT2D eigenvalue weighted by molar-refractivity contribution is 0.0932. The zero-order valence-corrected chi connectivity index (χ0v) is 14.7. The fraction of sp³-hybridized carbons (Fsp3) is 0.588. The van der Waals surface area contributed by atoms with E-state index in [1.807, 2.05) is 25.1 Å². The van der Waals surface area contributed by atoms with Gasteiger partial charge in [-0.05, 0) is 18.6 Å². The van der Waals surface area contributed by atoms with Gasteiger partial charge >= 0.3 is 0 Å². The molecule has 2 aliphatic rings. The van der Waals surface area contributed by atoms with Gasteiger partial charge in [-0.15, -0.1) is 0 Å². The van der Waals surface area contributed by atoms with Crippen LogP contribution in [0.5, 0.6) is 0 Å². The van der Waals surface area contributed by atoms with Gasteiger partial charge in [0.2, 0.25) is 10.0 Å². The third-order valence-electron chi connectivity index (χ3n) is 4.82. The molecule has 0 aliphatic carbocycles. The van der Waals surface area contributed by atoms with Gasteiger partial charge in [-0.2, -0.15) is 4.31 Å². The first-order valence-electron chi connectivity index (χ1n) is 8.44. The molecule has 2 aliphatic heterocycles. The van der Waals surface area contributed by atoms with Crippen molar-refractivity contribution in [1.29, 1.82) is 0 Å². The summed E-state index contributed by atoms with van der Waals surface area (Å²) in [7, 11) is -3.18. The maximum absolute atomic E-state index is 12.2. The molecular formula is C17H24N2O4S. The molecule has 1 N–H and O–H groups in total. The third kappa shape index (κ3) is 3.63. The van der Waals surface area contributed by atoms with Gasteiger partial charge in [0.25, 0.3) is 5.91 Å². The summed E-state index contributed by atoms with van der Waals surface area (Å²) in [6, 6.07) is 9.08. The minimum absolute atomic E-state index is 0.0461. The van der Waals surface area contributed by atoms with Crippen LogP contribution in [-0.2, 0) is 14.8 Å². The number of hydrogen-bond acceptors (Lipinski definition) is 4. The Labute approximate surface area is 143 Å². The second-order valence-corrected chi connectivity index (χ2v) is 8.59. The predicted molar refractivity (Wildman–Crippen MR) is 91.1 cm³/mol. The van der Waals surface area contributed by atoms with E-state index in [2.05, 4.69) is 5.32 Å².